The fourth-order valence-corrected chi connectivity index (χ4v) is 2.46. The fourth-order valence-electron chi connectivity index (χ4n) is 2.46. The van der Waals surface area contributed by atoms with Gasteiger partial charge in [0.15, 0.2) is 0 Å². The van der Waals surface area contributed by atoms with E-state index < -0.39 is 0 Å². The van der Waals surface area contributed by atoms with Crippen molar-refractivity contribution < 1.29 is 4.79 Å². The minimum absolute atomic E-state index is 0.631. The highest BCUT2D eigenvalue weighted by molar-refractivity contribution is 5.88. The number of hydrogen-bond donors (Lipinski definition) is 0. The van der Waals surface area contributed by atoms with Crippen molar-refractivity contribution in [3.8, 4) is 0 Å². The van der Waals surface area contributed by atoms with E-state index in [1.807, 2.05) is 54.9 Å². The van der Waals surface area contributed by atoms with Gasteiger partial charge in [0.05, 0.1) is 0 Å². The molecule has 2 nitrogen and oxygen atoms in total. The molecule has 3 aromatic carbocycles. The van der Waals surface area contributed by atoms with Crippen LogP contribution in [0.2, 0.25) is 0 Å². The van der Waals surface area contributed by atoms with Gasteiger partial charge in [0.1, 0.15) is 0 Å². The van der Waals surface area contributed by atoms with Crippen LogP contribution in [0, 0.1) is 0 Å². The Morgan fingerprint density at radius 2 is 1.52 bits per heavy atom. The van der Waals surface area contributed by atoms with Gasteiger partial charge in [0, 0.05) is 12.2 Å². The molecular formula is C19H16NO. The van der Waals surface area contributed by atoms with Crippen molar-refractivity contribution in [1.82, 2.24) is 0 Å². The molecule has 103 valence electrons. The van der Waals surface area contributed by atoms with Gasteiger partial charge in [-0.25, -0.2) is 0 Å². The lowest BCUT2D eigenvalue weighted by molar-refractivity contribution is 0.551. The summed E-state index contributed by atoms with van der Waals surface area (Å²) in [4.78, 5) is 12.9. The number of benzene rings is 3. The Balaban J connectivity index is 1.79. The molecule has 0 fully saturated rings. The molecular weight excluding hydrogens is 258 g/mol. The average Bonchev–Trinajstić information content (AvgIpc) is 2.56. The number of carbonyl (C=O) groups excluding carboxylic acids is 1. The second-order valence-electron chi connectivity index (χ2n) is 5.01. The fraction of sp³-hybridized carbons (Fsp3) is 0.105. The number of anilines is 1. The summed E-state index contributed by atoms with van der Waals surface area (Å²) < 4.78 is 0. The Kier molecular flexibility index (Phi) is 3.97. The van der Waals surface area contributed by atoms with Crippen LogP contribution in [-0.4, -0.2) is 13.0 Å². The van der Waals surface area contributed by atoms with Gasteiger partial charge in [0.2, 0.25) is 0 Å². The van der Waals surface area contributed by atoms with E-state index in [1.165, 1.54) is 10.9 Å². The quantitative estimate of drug-likeness (QED) is 0.645. The van der Waals surface area contributed by atoms with Gasteiger partial charge in [-0.3, -0.25) is 4.79 Å². The van der Waals surface area contributed by atoms with Gasteiger partial charge in [-0.15, -0.1) is 0 Å². The first-order valence-corrected chi connectivity index (χ1v) is 7.05. The number of amides is 1. The largest absolute Gasteiger partial charge is 0.316 e. The van der Waals surface area contributed by atoms with Crippen LogP contribution in [0.3, 0.4) is 0 Å². The first kappa shape index (κ1) is 13.4. The third kappa shape index (κ3) is 3.11. The summed E-state index contributed by atoms with van der Waals surface area (Å²) >= 11 is 0. The van der Waals surface area contributed by atoms with Crippen LogP contribution >= 0.6 is 0 Å². The maximum atomic E-state index is 11.3. The Morgan fingerprint density at radius 1 is 0.810 bits per heavy atom. The molecule has 0 saturated carbocycles. The highest BCUT2D eigenvalue weighted by atomic mass is 16.1. The van der Waals surface area contributed by atoms with E-state index in [4.69, 9.17) is 0 Å². The molecule has 0 aliphatic rings. The van der Waals surface area contributed by atoms with Crippen LogP contribution in [0.15, 0.2) is 72.8 Å². The first-order valence-electron chi connectivity index (χ1n) is 7.05. The lowest BCUT2D eigenvalue weighted by Gasteiger charge is -2.17. The van der Waals surface area contributed by atoms with Crippen molar-refractivity contribution in [3.05, 3.63) is 78.4 Å². The monoisotopic (exact) mass is 274 g/mol. The van der Waals surface area contributed by atoms with Crippen molar-refractivity contribution in [2.24, 2.45) is 0 Å². The zero-order chi connectivity index (χ0) is 14.5. The van der Waals surface area contributed by atoms with Crippen LogP contribution in [0.25, 0.3) is 10.8 Å². The molecule has 0 aliphatic carbocycles. The van der Waals surface area contributed by atoms with Gasteiger partial charge in [0.25, 0.3) is 0 Å². The van der Waals surface area contributed by atoms with Gasteiger partial charge in [-0.05, 0) is 34.9 Å². The van der Waals surface area contributed by atoms with Crippen LogP contribution in [0.1, 0.15) is 5.56 Å². The molecule has 0 heterocycles. The minimum atomic E-state index is 0.631. The van der Waals surface area contributed by atoms with E-state index in [0.29, 0.717) is 6.54 Å². The number of rotatable bonds is 5. The normalized spacial score (nSPS) is 10.5. The summed E-state index contributed by atoms with van der Waals surface area (Å²) in [7, 11) is 0. The van der Waals surface area contributed by atoms with E-state index in [1.54, 1.807) is 4.90 Å². The number of fused-ring (bicyclic) bond motifs is 1. The van der Waals surface area contributed by atoms with Crippen LogP contribution in [0.4, 0.5) is 5.69 Å². The number of nitrogens with zero attached hydrogens (tertiary/aromatic N) is 1. The van der Waals surface area contributed by atoms with E-state index in [0.717, 1.165) is 17.5 Å². The van der Waals surface area contributed by atoms with Crippen molar-refractivity contribution >= 4 is 22.9 Å². The Morgan fingerprint density at radius 3 is 2.29 bits per heavy atom. The molecule has 21 heavy (non-hydrogen) atoms. The van der Waals surface area contributed by atoms with E-state index in [9.17, 15) is 4.79 Å². The van der Waals surface area contributed by atoms with E-state index in [2.05, 4.69) is 24.3 Å². The van der Waals surface area contributed by atoms with Crippen molar-refractivity contribution in [3.63, 3.8) is 0 Å². The maximum Gasteiger partial charge on any atom is 0.316 e. The summed E-state index contributed by atoms with van der Waals surface area (Å²) in [6, 6.07) is 24.4. The minimum Gasteiger partial charge on any atom is -0.304 e. The van der Waals surface area contributed by atoms with E-state index >= 15 is 0 Å². The third-order valence-corrected chi connectivity index (χ3v) is 3.62. The highest BCUT2D eigenvalue weighted by Crippen LogP contribution is 2.21. The van der Waals surface area contributed by atoms with Gasteiger partial charge in [-0.2, -0.15) is 0 Å². The molecule has 0 unspecified atom stereocenters. The molecule has 0 N–H and O–H groups in total. The SMILES string of the molecule is O=[C]N(CCc1ccccc1)c1ccc2ccccc2c1. The molecule has 3 aromatic rings. The lowest BCUT2D eigenvalue weighted by atomic mass is 10.1. The predicted molar refractivity (Wildman–Crippen MR) is 87.1 cm³/mol. The van der Waals surface area contributed by atoms with Crippen molar-refractivity contribution in [2.75, 3.05) is 11.4 Å². The van der Waals surface area contributed by atoms with Crippen molar-refractivity contribution in [1.29, 1.82) is 0 Å². The standard InChI is InChI=1S/C19H16NO/c21-15-20(13-12-16-6-2-1-3-7-16)19-11-10-17-8-4-5-9-18(17)14-19/h1-11,14H,12-13H2. The molecule has 1 amide bonds. The van der Waals surface area contributed by atoms with Crippen molar-refractivity contribution in [2.45, 2.75) is 6.42 Å². The van der Waals surface area contributed by atoms with Gasteiger partial charge < -0.3 is 4.90 Å². The Labute approximate surface area is 124 Å². The number of hydrogen-bond acceptors (Lipinski definition) is 1. The maximum absolute atomic E-state index is 11.3. The summed E-state index contributed by atoms with van der Waals surface area (Å²) in [5.41, 5.74) is 2.11. The molecule has 1 radical (unpaired) electrons. The predicted octanol–water partition coefficient (Wildman–Crippen LogP) is 3.96. The second-order valence-corrected chi connectivity index (χ2v) is 5.01. The third-order valence-electron chi connectivity index (χ3n) is 3.62. The van der Waals surface area contributed by atoms with Crippen LogP contribution in [-0.2, 0) is 11.2 Å². The smallest absolute Gasteiger partial charge is 0.304 e. The second kappa shape index (κ2) is 6.23. The molecule has 2 heteroatoms. The molecule has 0 spiro atoms. The lowest BCUT2D eigenvalue weighted by Crippen LogP contribution is -2.23. The van der Waals surface area contributed by atoms with Crippen LogP contribution < -0.4 is 4.90 Å². The molecule has 0 aliphatic heterocycles. The molecule has 3 rings (SSSR count). The summed E-state index contributed by atoms with van der Waals surface area (Å²) in [5.74, 6) is 0. The van der Waals surface area contributed by atoms with E-state index in [-0.39, 0.29) is 0 Å². The topological polar surface area (TPSA) is 20.3 Å². The zero-order valence-electron chi connectivity index (χ0n) is 11.7. The summed E-state index contributed by atoms with van der Waals surface area (Å²) in [5, 5.41) is 2.31. The van der Waals surface area contributed by atoms with Gasteiger partial charge in [-0.1, -0.05) is 60.7 Å². The summed E-state index contributed by atoms with van der Waals surface area (Å²) in [6.45, 7) is 0.631. The Hall–Kier alpha value is -2.61. The summed E-state index contributed by atoms with van der Waals surface area (Å²) in [6.07, 6.45) is 2.86. The molecule has 0 bridgehead atoms. The zero-order valence-corrected chi connectivity index (χ0v) is 11.7. The average molecular weight is 274 g/mol. The molecule has 0 atom stereocenters. The molecule has 0 saturated heterocycles. The van der Waals surface area contributed by atoms with Crippen LogP contribution in [0.5, 0.6) is 0 Å². The highest BCUT2D eigenvalue weighted by Gasteiger charge is 2.07. The molecule has 0 aromatic heterocycles. The Bertz CT molecular complexity index is 737. The first-order chi connectivity index (χ1) is 10.4. The van der Waals surface area contributed by atoms with Gasteiger partial charge >= 0.3 is 6.41 Å².